The number of aliphatic carboxylic acids is 1. The number of carboxylic acid groups (broad SMARTS) is 1. The average molecular weight is 284 g/mol. The first kappa shape index (κ1) is 15.9. The second kappa shape index (κ2) is 6.36. The summed E-state index contributed by atoms with van der Waals surface area (Å²) in [5.41, 5.74) is -0.575. The Morgan fingerprint density at radius 1 is 1.40 bits per heavy atom. The number of nitrogens with zero attached hydrogens (tertiary/aromatic N) is 2. The van der Waals surface area contributed by atoms with Gasteiger partial charge >= 0.3 is 12.0 Å². The van der Waals surface area contributed by atoms with Crippen LogP contribution in [-0.4, -0.2) is 39.8 Å². The van der Waals surface area contributed by atoms with Gasteiger partial charge in [-0.1, -0.05) is 25.9 Å². The van der Waals surface area contributed by atoms with Crippen LogP contribution >= 0.6 is 0 Å². The molecule has 0 aromatic carbocycles. The zero-order valence-electron chi connectivity index (χ0n) is 12.1. The normalized spacial score (nSPS) is 12.8. The van der Waals surface area contributed by atoms with Gasteiger partial charge in [0.1, 0.15) is 6.04 Å². The fourth-order valence-electron chi connectivity index (χ4n) is 1.56. The van der Waals surface area contributed by atoms with Crippen LogP contribution in [0.3, 0.4) is 0 Å². The monoisotopic (exact) mass is 284 g/mol. The highest BCUT2D eigenvalue weighted by Crippen LogP contribution is 2.19. The van der Waals surface area contributed by atoms with Gasteiger partial charge in [-0.25, -0.2) is 9.59 Å². The van der Waals surface area contributed by atoms with E-state index in [-0.39, 0.29) is 0 Å². The van der Waals surface area contributed by atoms with E-state index in [0.29, 0.717) is 24.7 Å². The smallest absolute Gasteiger partial charge is 0.326 e. The highest BCUT2D eigenvalue weighted by atomic mass is 16.5. The summed E-state index contributed by atoms with van der Waals surface area (Å²) in [5.74, 6) is -0.113. The third-order valence-electron chi connectivity index (χ3n) is 2.59. The number of aryl methyl sites for hydroxylation is 1. The molecule has 1 atom stereocenters. The predicted octanol–water partition coefficient (Wildman–Crippen LogP) is 0.719. The quantitative estimate of drug-likeness (QED) is 0.733. The molecule has 0 aliphatic rings. The van der Waals surface area contributed by atoms with Gasteiger partial charge in [0.15, 0.2) is 5.82 Å². The molecule has 0 fully saturated rings. The number of rotatable bonds is 5. The minimum Gasteiger partial charge on any atom is -0.480 e. The molecule has 1 aromatic heterocycles. The Hall–Kier alpha value is -2.12. The van der Waals surface area contributed by atoms with Crippen LogP contribution in [0.25, 0.3) is 0 Å². The van der Waals surface area contributed by atoms with Gasteiger partial charge in [0, 0.05) is 19.9 Å². The van der Waals surface area contributed by atoms with Gasteiger partial charge in [-0.2, -0.15) is 4.98 Å². The molecule has 8 heteroatoms. The van der Waals surface area contributed by atoms with Crippen LogP contribution in [0, 0.1) is 12.3 Å². The molecule has 1 rings (SSSR count). The van der Waals surface area contributed by atoms with Gasteiger partial charge in [-0.05, 0) is 5.41 Å². The SMILES string of the molecule is Cc1nc(CCNC(=O)N[C@H](C(=O)O)C(C)(C)C)no1. The Balaban J connectivity index is 2.41. The zero-order chi connectivity index (χ0) is 15.3. The number of carbonyl (C=O) groups is 2. The molecule has 0 aliphatic heterocycles. The molecule has 0 spiro atoms. The third kappa shape index (κ3) is 4.87. The number of hydrogen-bond acceptors (Lipinski definition) is 5. The van der Waals surface area contributed by atoms with E-state index in [1.54, 1.807) is 27.7 Å². The summed E-state index contributed by atoms with van der Waals surface area (Å²) in [4.78, 5) is 26.7. The lowest BCUT2D eigenvalue weighted by atomic mass is 9.87. The minimum absolute atomic E-state index is 0.293. The molecular formula is C12H20N4O4. The van der Waals surface area contributed by atoms with Gasteiger partial charge in [0.25, 0.3) is 0 Å². The lowest BCUT2D eigenvalue weighted by molar-refractivity contribution is -0.141. The van der Waals surface area contributed by atoms with Crippen molar-refractivity contribution in [1.29, 1.82) is 0 Å². The molecule has 1 aromatic rings. The van der Waals surface area contributed by atoms with E-state index in [1.165, 1.54) is 0 Å². The first-order valence-corrected chi connectivity index (χ1v) is 6.26. The van der Waals surface area contributed by atoms with Gasteiger partial charge in [0.05, 0.1) is 0 Å². The van der Waals surface area contributed by atoms with Crippen molar-refractivity contribution in [1.82, 2.24) is 20.8 Å². The van der Waals surface area contributed by atoms with Crippen molar-refractivity contribution in [3.05, 3.63) is 11.7 Å². The molecule has 0 radical (unpaired) electrons. The van der Waals surface area contributed by atoms with Crippen molar-refractivity contribution >= 4 is 12.0 Å². The van der Waals surface area contributed by atoms with Crippen LogP contribution in [0.4, 0.5) is 4.79 Å². The summed E-state index contributed by atoms with van der Waals surface area (Å²) in [6.07, 6.45) is 0.415. The molecule has 2 amide bonds. The predicted molar refractivity (Wildman–Crippen MR) is 70.2 cm³/mol. The van der Waals surface area contributed by atoms with Crippen LogP contribution in [0.2, 0.25) is 0 Å². The van der Waals surface area contributed by atoms with Crippen LogP contribution in [0.5, 0.6) is 0 Å². The number of carboxylic acids is 1. The maximum atomic E-state index is 11.7. The van der Waals surface area contributed by atoms with Gasteiger partial charge in [-0.3, -0.25) is 0 Å². The van der Waals surface area contributed by atoms with E-state index < -0.39 is 23.5 Å². The summed E-state index contributed by atoms with van der Waals surface area (Å²) in [7, 11) is 0. The van der Waals surface area contributed by atoms with E-state index in [4.69, 9.17) is 9.63 Å². The summed E-state index contributed by atoms with van der Waals surface area (Å²) in [6.45, 7) is 7.20. The number of hydrogen-bond donors (Lipinski definition) is 3. The molecule has 0 aliphatic carbocycles. The Kier molecular flexibility index (Phi) is 5.06. The maximum Gasteiger partial charge on any atom is 0.326 e. The number of carbonyl (C=O) groups excluding carboxylic acids is 1. The number of urea groups is 1. The first-order valence-electron chi connectivity index (χ1n) is 6.26. The number of nitrogens with one attached hydrogen (secondary N) is 2. The molecule has 0 bridgehead atoms. The lowest BCUT2D eigenvalue weighted by Gasteiger charge is -2.27. The lowest BCUT2D eigenvalue weighted by Crippen LogP contribution is -2.52. The molecule has 20 heavy (non-hydrogen) atoms. The summed E-state index contributed by atoms with van der Waals surface area (Å²) in [6, 6.07) is -1.50. The molecular weight excluding hydrogens is 264 g/mol. The highest BCUT2D eigenvalue weighted by Gasteiger charge is 2.32. The van der Waals surface area contributed by atoms with Gasteiger partial charge in [0.2, 0.25) is 5.89 Å². The fourth-order valence-corrected chi connectivity index (χ4v) is 1.56. The topological polar surface area (TPSA) is 117 Å². The van der Waals surface area contributed by atoms with Crippen LogP contribution in [0.15, 0.2) is 4.52 Å². The Morgan fingerprint density at radius 2 is 2.05 bits per heavy atom. The standard InChI is InChI=1S/C12H20N4O4/c1-7-14-8(16-20-7)5-6-13-11(19)15-9(10(17)18)12(2,3)4/h9H,5-6H2,1-4H3,(H,17,18)(H2,13,15,19)/t9-/m1/s1. The molecule has 0 saturated carbocycles. The number of aromatic nitrogens is 2. The first-order chi connectivity index (χ1) is 9.20. The summed E-state index contributed by atoms with van der Waals surface area (Å²) < 4.78 is 4.80. The Morgan fingerprint density at radius 3 is 2.50 bits per heavy atom. The van der Waals surface area contributed by atoms with Crippen molar-refractivity contribution in [3.63, 3.8) is 0 Å². The summed E-state index contributed by atoms with van der Waals surface area (Å²) >= 11 is 0. The average Bonchev–Trinajstić information content (AvgIpc) is 2.70. The van der Waals surface area contributed by atoms with Crippen LogP contribution in [-0.2, 0) is 11.2 Å². The second-order valence-electron chi connectivity index (χ2n) is 5.52. The van der Waals surface area contributed by atoms with E-state index in [1.807, 2.05) is 0 Å². The minimum atomic E-state index is -1.07. The van der Waals surface area contributed by atoms with Gasteiger partial charge in [-0.15, -0.1) is 0 Å². The highest BCUT2D eigenvalue weighted by molar-refractivity contribution is 5.83. The maximum absolute atomic E-state index is 11.7. The van der Waals surface area contributed by atoms with E-state index in [0.717, 1.165) is 0 Å². The molecule has 0 saturated heterocycles. The van der Waals surface area contributed by atoms with Crippen molar-refractivity contribution in [2.24, 2.45) is 5.41 Å². The van der Waals surface area contributed by atoms with Crippen molar-refractivity contribution in [2.45, 2.75) is 40.2 Å². The van der Waals surface area contributed by atoms with E-state index >= 15 is 0 Å². The Bertz CT molecular complexity index is 478. The zero-order valence-corrected chi connectivity index (χ0v) is 12.1. The van der Waals surface area contributed by atoms with Gasteiger partial charge < -0.3 is 20.3 Å². The fraction of sp³-hybridized carbons (Fsp3) is 0.667. The third-order valence-corrected chi connectivity index (χ3v) is 2.59. The van der Waals surface area contributed by atoms with Crippen molar-refractivity contribution in [2.75, 3.05) is 6.54 Å². The molecule has 112 valence electrons. The molecule has 0 unspecified atom stereocenters. The van der Waals surface area contributed by atoms with Crippen molar-refractivity contribution in [3.8, 4) is 0 Å². The van der Waals surface area contributed by atoms with Crippen LogP contribution < -0.4 is 10.6 Å². The molecule has 3 N–H and O–H groups in total. The summed E-state index contributed by atoms with van der Waals surface area (Å²) in [5, 5.41) is 17.8. The second-order valence-corrected chi connectivity index (χ2v) is 5.52. The number of amides is 2. The van der Waals surface area contributed by atoms with Crippen molar-refractivity contribution < 1.29 is 19.2 Å². The molecule has 1 heterocycles. The van der Waals surface area contributed by atoms with Crippen LogP contribution in [0.1, 0.15) is 32.5 Å². The van der Waals surface area contributed by atoms with E-state index in [9.17, 15) is 9.59 Å². The molecule has 8 nitrogen and oxygen atoms in total. The Labute approximate surface area is 116 Å². The largest absolute Gasteiger partial charge is 0.480 e. The van der Waals surface area contributed by atoms with E-state index in [2.05, 4.69) is 20.8 Å².